The first-order valence-electron chi connectivity index (χ1n) is 13.7. The number of anilines is 1. The molecule has 5 atom stereocenters. The minimum atomic E-state index is -4.26. The van der Waals surface area contributed by atoms with Crippen molar-refractivity contribution >= 4 is 48.3 Å². The van der Waals surface area contributed by atoms with Gasteiger partial charge in [-0.25, -0.2) is 4.79 Å². The van der Waals surface area contributed by atoms with Gasteiger partial charge in [-0.15, -0.1) is 5.10 Å². The molecule has 2 fully saturated rings. The lowest BCUT2D eigenvalue weighted by Crippen LogP contribution is -2.42. The van der Waals surface area contributed by atoms with Gasteiger partial charge in [-0.05, 0) is 26.7 Å². The molecule has 242 valence electrons. The van der Waals surface area contributed by atoms with E-state index in [0.29, 0.717) is 12.8 Å². The number of rotatable bonds is 14. The Hall–Kier alpha value is -3.93. The summed E-state index contributed by atoms with van der Waals surface area (Å²) in [6, 6.07) is -0.244. The van der Waals surface area contributed by atoms with Crippen LogP contribution in [0.15, 0.2) is 4.79 Å². The van der Waals surface area contributed by atoms with E-state index in [1.54, 1.807) is 0 Å². The van der Waals surface area contributed by atoms with Crippen LogP contribution in [-0.4, -0.2) is 97.7 Å². The van der Waals surface area contributed by atoms with Crippen LogP contribution in [0.2, 0.25) is 0 Å². The standard InChI is InChI=1S/C24H33N6O13P/c1-6-39-44(37,40-7-2)21(24(35)36)25-20-16-17(29(27-20)14-8-9-14)22(34)30(28-26-16)23-19(42-13(5)33)18(41-12(4)32)15(43-23)10-38-11(3)31/h14-15,18-19,21,23H,6-10H2,1-5H3,(H,25,27)(H,35,36). The van der Waals surface area contributed by atoms with Gasteiger partial charge in [0.05, 0.1) is 19.3 Å². The summed E-state index contributed by atoms with van der Waals surface area (Å²) in [4.78, 5) is 61.5. The number of aromatic nitrogens is 5. The van der Waals surface area contributed by atoms with Gasteiger partial charge in [-0.1, -0.05) is 5.21 Å². The van der Waals surface area contributed by atoms with Gasteiger partial charge < -0.3 is 38.4 Å². The van der Waals surface area contributed by atoms with E-state index < -0.39 is 74.0 Å². The lowest BCUT2D eigenvalue weighted by Gasteiger charge is -2.24. The number of carbonyl (C=O) groups is 4. The molecule has 1 saturated carbocycles. The van der Waals surface area contributed by atoms with Crippen molar-refractivity contribution in [1.82, 2.24) is 24.8 Å². The number of nitrogens with zero attached hydrogens (tertiary/aromatic N) is 5. The number of esters is 3. The zero-order chi connectivity index (χ0) is 32.3. The Morgan fingerprint density at radius 2 is 1.64 bits per heavy atom. The average Bonchev–Trinajstić information content (AvgIpc) is 3.64. The summed E-state index contributed by atoms with van der Waals surface area (Å²) >= 11 is 0. The van der Waals surface area contributed by atoms with Gasteiger partial charge in [-0.3, -0.25) is 28.4 Å². The highest BCUT2D eigenvalue weighted by Gasteiger charge is 2.52. The van der Waals surface area contributed by atoms with Gasteiger partial charge >= 0.3 is 31.5 Å². The van der Waals surface area contributed by atoms with Crippen molar-refractivity contribution in [1.29, 1.82) is 0 Å². The number of nitrogens with one attached hydrogen (secondary N) is 1. The molecule has 0 radical (unpaired) electrons. The van der Waals surface area contributed by atoms with Crippen molar-refractivity contribution in [2.45, 2.75) is 83.8 Å². The normalized spacial score (nSPS) is 22.4. The molecular formula is C24H33N6O13P. The molecule has 1 aliphatic heterocycles. The summed E-state index contributed by atoms with van der Waals surface area (Å²) in [5, 5.41) is 24.8. The van der Waals surface area contributed by atoms with Crippen LogP contribution in [0.3, 0.4) is 0 Å². The molecule has 2 aromatic rings. The van der Waals surface area contributed by atoms with Crippen molar-refractivity contribution in [2.75, 3.05) is 25.1 Å². The fourth-order valence-electron chi connectivity index (χ4n) is 4.65. The molecule has 4 rings (SSSR count). The molecule has 19 nitrogen and oxygen atoms in total. The Labute approximate surface area is 249 Å². The maximum atomic E-state index is 14.0. The number of carbonyl (C=O) groups excluding carboxylic acids is 3. The van der Waals surface area contributed by atoms with Crippen molar-refractivity contribution in [3.63, 3.8) is 0 Å². The highest BCUT2D eigenvalue weighted by atomic mass is 31.2. The summed E-state index contributed by atoms with van der Waals surface area (Å²) in [7, 11) is -4.26. The minimum Gasteiger partial charge on any atom is -0.479 e. The van der Waals surface area contributed by atoms with E-state index in [4.69, 9.17) is 28.0 Å². The SMILES string of the molecule is CCOP(=O)(OCC)C(Nc1nn(C2CC2)c2c(=O)n(C3OC(COC(C)=O)C(OC(C)=O)C3OC(C)=O)nnc12)C(=O)O. The van der Waals surface area contributed by atoms with E-state index in [0.717, 1.165) is 25.5 Å². The number of carboxylic acids is 1. The largest absolute Gasteiger partial charge is 0.479 e. The van der Waals surface area contributed by atoms with Crippen molar-refractivity contribution in [3.05, 3.63) is 10.4 Å². The second-order valence-corrected chi connectivity index (χ2v) is 11.9. The third kappa shape index (κ3) is 6.90. The molecule has 2 N–H and O–H groups in total. The van der Waals surface area contributed by atoms with E-state index in [1.807, 2.05) is 0 Å². The number of aliphatic carboxylic acids is 1. The van der Waals surface area contributed by atoms with E-state index in [-0.39, 0.29) is 36.1 Å². The molecule has 2 aliphatic rings. The molecule has 1 saturated heterocycles. The predicted molar refractivity (Wildman–Crippen MR) is 145 cm³/mol. The fourth-order valence-corrected chi connectivity index (χ4v) is 6.29. The van der Waals surface area contributed by atoms with Crippen LogP contribution in [0.25, 0.3) is 11.0 Å². The molecule has 0 aromatic carbocycles. The zero-order valence-electron chi connectivity index (χ0n) is 24.5. The van der Waals surface area contributed by atoms with Gasteiger partial charge in [0.1, 0.15) is 12.7 Å². The van der Waals surface area contributed by atoms with E-state index in [1.165, 1.54) is 18.5 Å². The Bertz CT molecular complexity index is 1530. The topological polar surface area (TPSA) is 239 Å². The molecule has 2 aromatic heterocycles. The summed E-state index contributed by atoms with van der Waals surface area (Å²) < 4.78 is 47.5. The van der Waals surface area contributed by atoms with Gasteiger partial charge in [0.15, 0.2) is 35.3 Å². The lowest BCUT2D eigenvalue weighted by atomic mass is 10.1. The molecule has 0 amide bonds. The first-order chi connectivity index (χ1) is 20.8. The van der Waals surface area contributed by atoms with Crippen LogP contribution in [0.4, 0.5) is 5.82 Å². The Morgan fingerprint density at radius 3 is 2.16 bits per heavy atom. The van der Waals surface area contributed by atoms with Crippen LogP contribution >= 0.6 is 7.60 Å². The molecular weight excluding hydrogens is 611 g/mol. The molecule has 0 bridgehead atoms. The molecule has 0 spiro atoms. The summed E-state index contributed by atoms with van der Waals surface area (Å²) in [5.41, 5.74) is -1.10. The second-order valence-electron chi connectivity index (χ2n) is 9.84. The summed E-state index contributed by atoms with van der Waals surface area (Å²) in [5.74, 6) is -5.90. The van der Waals surface area contributed by atoms with E-state index in [2.05, 4.69) is 20.7 Å². The Kier molecular flexibility index (Phi) is 10.0. The van der Waals surface area contributed by atoms with Crippen molar-refractivity contribution in [2.24, 2.45) is 0 Å². The van der Waals surface area contributed by atoms with Gasteiger partial charge in [0.25, 0.3) is 5.56 Å². The van der Waals surface area contributed by atoms with E-state index in [9.17, 15) is 33.6 Å². The smallest absolute Gasteiger partial charge is 0.364 e. The van der Waals surface area contributed by atoms with Crippen LogP contribution in [0.5, 0.6) is 0 Å². The molecule has 5 unspecified atom stereocenters. The van der Waals surface area contributed by atoms with Crippen molar-refractivity contribution in [3.8, 4) is 0 Å². The fraction of sp³-hybridized carbons (Fsp3) is 0.667. The number of carboxylic acid groups (broad SMARTS) is 1. The lowest BCUT2D eigenvalue weighted by molar-refractivity contribution is -0.166. The highest BCUT2D eigenvalue weighted by Crippen LogP contribution is 2.53. The average molecular weight is 645 g/mol. The van der Waals surface area contributed by atoms with Crippen LogP contribution < -0.4 is 10.9 Å². The monoisotopic (exact) mass is 644 g/mol. The number of hydrogen-bond acceptors (Lipinski definition) is 16. The number of hydrogen-bond donors (Lipinski definition) is 2. The molecule has 20 heteroatoms. The number of fused-ring (bicyclic) bond motifs is 1. The van der Waals surface area contributed by atoms with Crippen LogP contribution in [0.1, 0.15) is 59.7 Å². The minimum absolute atomic E-state index is 0.109. The Morgan fingerprint density at radius 1 is 1.02 bits per heavy atom. The Balaban J connectivity index is 1.81. The maximum Gasteiger partial charge on any atom is 0.364 e. The highest BCUT2D eigenvalue weighted by molar-refractivity contribution is 7.55. The molecule has 1 aliphatic carbocycles. The van der Waals surface area contributed by atoms with Crippen LogP contribution in [0, 0.1) is 0 Å². The molecule has 3 heterocycles. The third-order valence-corrected chi connectivity index (χ3v) is 8.67. The maximum absolute atomic E-state index is 14.0. The first kappa shape index (κ1) is 33.0. The van der Waals surface area contributed by atoms with Crippen molar-refractivity contribution < 1.29 is 56.8 Å². The van der Waals surface area contributed by atoms with Gasteiger partial charge in [-0.2, -0.15) is 9.78 Å². The van der Waals surface area contributed by atoms with Gasteiger partial charge in [0.2, 0.25) is 5.78 Å². The van der Waals surface area contributed by atoms with Gasteiger partial charge in [0, 0.05) is 20.8 Å². The third-order valence-electron chi connectivity index (χ3n) is 6.45. The quantitative estimate of drug-likeness (QED) is 0.164. The number of ether oxygens (including phenoxy) is 4. The van der Waals surface area contributed by atoms with Crippen LogP contribution in [-0.2, 0) is 51.7 Å². The first-order valence-corrected chi connectivity index (χ1v) is 15.3. The summed E-state index contributed by atoms with van der Waals surface area (Å²) in [6.45, 7) is 5.78. The van der Waals surface area contributed by atoms with E-state index >= 15 is 0 Å². The predicted octanol–water partition coefficient (Wildman–Crippen LogP) is 0.736. The summed E-state index contributed by atoms with van der Waals surface area (Å²) in [6.07, 6.45) is -4.06. The second kappa shape index (κ2) is 13.4. The zero-order valence-corrected chi connectivity index (χ0v) is 25.4. The molecule has 44 heavy (non-hydrogen) atoms.